The van der Waals surface area contributed by atoms with Crippen LogP contribution in [0.1, 0.15) is 110 Å². The second-order valence-electron chi connectivity index (χ2n) is 8.68. The van der Waals surface area contributed by atoms with Crippen molar-refractivity contribution in [3.63, 3.8) is 0 Å². The average Bonchev–Trinajstić information content (AvgIpc) is 2.77. The molecule has 6 heteroatoms. The second kappa shape index (κ2) is 21.5. The van der Waals surface area contributed by atoms with Crippen LogP contribution >= 0.6 is 17.0 Å². The highest BCUT2D eigenvalue weighted by Gasteiger charge is 2.13. The van der Waals surface area contributed by atoms with Crippen molar-refractivity contribution in [1.29, 1.82) is 0 Å². The lowest BCUT2D eigenvalue weighted by Crippen LogP contribution is -2.29. The number of hydrogen-bond acceptors (Lipinski definition) is 4. The first-order chi connectivity index (χ1) is 15.1. The van der Waals surface area contributed by atoms with Crippen molar-refractivity contribution in [3.05, 3.63) is 23.9 Å². The van der Waals surface area contributed by atoms with E-state index >= 15 is 0 Å². The molecule has 5 nitrogen and oxygen atoms in total. The molecule has 0 aliphatic carbocycles. The molecule has 0 radical (unpaired) electrons. The number of aliphatic carboxylic acids is 1. The molecule has 0 unspecified atom stereocenters. The normalized spacial score (nSPS) is 12.9. The molecule has 0 atom stereocenters. The Morgan fingerprint density at radius 3 is 1.94 bits per heavy atom. The van der Waals surface area contributed by atoms with Crippen LogP contribution in [0.4, 0.5) is 0 Å². The van der Waals surface area contributed by atoms with Crippen molar-refractivity contribution in [2.75, 3.05) is 19.7 Å². The number of carboxylic acid groups (broad SMARTS) is 1. The molecule has 0 saturated heterocycles. The first-order valence-electron chi connectivity index (χ1n) is 12.6. The fourth-order valence-corrected chi connectivity index (χ4v) is 3.90. The number of carboxylic acids is 1. The van der Waals surface area contributed by atoms with Gasteiger partial charge in [-0.05, 0) is 12.5 Å². The van der Waals surface area contributed by atoms with E-state index in [1.165, 1.54) is 83.5 Å². The van der Waals surface area contributed by atoms with Crippen molar-refractivity contribution in [1.82, 2.24) is 4.90 Å². The third-order valence-corrected chi connectivity index (χ3v) is 5.86. The number of nitrogens with zero attached hydrogens (tertiary/aromatic N) is 1. The molecule has 1 heterocycles. The maximum atomic E-state index is 11.6. The van der Waals surface area contributed by atoms with Crippen molar-refractivity contribution < 1.29 is 19.4 Å². The van der Waals surface area contributed by atoms with Crippen LogP contribution in [0, 0.1) is 0 Å². The van der Waals surface area contributed by atoms with Crippen molar-refractivity contribution in [3.8, 4) is 0 Å². The molecule has 0 aromatic rings. The SMILES string of the molecule is Br.CCCCCCCCCCCCCCCCN1CC=CC=C1COC(=O)CCC(=O)O. The molecule has 1 aliphatic heterocycles. The number of ether oxygens (including phenoxy) is 1. The number of allylic oxidation sites excluding steroid dienone is 2. The fourth-order valence-electron chi connectivity index (χ4n) is 3.90. The summed E-state index contributed by atoms with van der Waals surface area (Å²) in [5.41, 5.74) is 1.00. The van der Waals surface area contributed by atoms with E-state index in [0.717, 1.165) is 25.2 Å². The molecule has 186 valence electrons. The molecular weight excluding hydrogens is 470 g/mol. The Kier molecular flexibility index (Phi) is 20.7. The van der Waals surface area contributed by atoms with Crippen LogP contribution in [-0.4, -0.2) is 41.6 Å². The van der Waals surface area contributed by atoms with Gasteiger partial charge in [-0.1, -0.05) is 103 Å². The maximum absolute atomic E-state index is 11.6. The van der Waals surface area contributed by atoms with E-state index in [1.807, 2.05) is 12.2 Å². The van der Waals surface area contributed by atoms with Crippen LogP contribution in [0.2, 0.25) is 0 Å². The van der Waals surface area contributed by atoms with Gasteiger partial charge in [-0.25, -0.2) is 0 Å². The predicted molar refractivity (Wildman–Crippen MR) is 137 cm³/mol. The molecule has 0 spiro atoms. The summed E-state index contributed by atoms with van der Waals surface area (Å²) in [5, 5.41) is 8.64. The number of carbonyl (C=O) groups excluding carboxylic acids is 1. The van der Waals surface area contributed by atoms with Crippen LogP contribution in [0.5, 0.6) is 0 Å². The van der Waals surface area contributed by atoms with Crippen LogP contribution in [-0.2, 0) is 14.3 Å². The van der Waals surface area contributed by atoms with Gasteiger partial charge in [0.1, 0.15) is 6.61 Å². The second-order valence-corrected chi connectivity index (χ2v) is 8.68. The van der Waals surface area contributed by atoms with Gasteiger partial charge in [-0.15, -0.1) is 17.0 Å². The Labute approximate surface area is 206 Å². The summed E-state index contributed by atoms with van der Waals surface area (Å²) in [6.07, 6.45) is 24.8. The minimum Gasteiger partial charge on any atom is -0.481 e. The molecule has 32 heavy (non-hydrogen) atoms. The summed E-state index contributed by atoms with van der Waals surface area (Å²) in [6, 6.07) is 0. The highest BCUT2D eigenvalue weighted by atomic mass is 79.9. The van der Waals surface area contributed by atoms with E-state index in [2.05, 4.69) is 17.9 Å². The highest BCUT2D eigenvalue weighted by Crippen LogP contribution is 2.15. The molecular formula is C26H46BrNO4. The summed E-state index contributed by atoms with van der Waals surface area (Å²) in [7, 11) is 0. The molecule has 0 bridgehead atoms. The van der Waals surface area contributed by atoms with Gasteiger partial charge in [0.2, 0.25) is 0 Å². The zero-order valence-corrected chi connectivity index (χ0v) is 21.9. The van der Waals surface area contributed by atoms with Crippen LogP contribution in [0.25, 0.3) is 0 Å². The predicted octanol–water partition coefficient (Wildman–Crippen LogP) is 7.21. The lowest BCUT2D eigenvalue weighted by molar-refractivity contribution is -0.147. The zero-order valence-electron chi connectivity index (χ0n) is 20.2. The summed E-state index contributed by atoms with van der Waals surface area (Å²) in [5.74, 6) is -1.43. The Bertz CT molecular complexity index is 548. The maximum Gasteiger partial charge on any atom is 0.306 e. The third-order valence-electron chi connectivity index (χ3n) is 5.86. The number of rotatable bonds is 20. The van der Waals surface area contributed by atoms with Gasteiger partial charge in [0, 0.05) is 13.1 Å². The molecule has 0 aromatic heterocycles. The molecule has 0 saturated carbocycles. The number of hydrogen-bond donors (Lipinski definition) is 1. The van der Waals surface area contributed by atoms with Gasteiger partial charge in [-0.3, -0.25) is 9.59 Å². The van der Waals surface area contributed by atoms with Gasteiger partial charge in [0.25, 0.3) is 0 Å². The first-order valence-corrected chi connectivity index (χ1v) is 12.6. The number of halogens is 1. The van der Waals surface area contributed by atoms with Crippen LogP contribution in [0.3, 0.4) is 0 Å². The molecule has 0 amide bonds. The Morgan fingerprint density at radius 1 is 0.875 bits per heavy atom. The number of esters is 1. The highest BCUT2D eigenvalue weighted by molar-refractivity contribution is 8.93. The van der Waals surface area contributed by atoms with Gasteiger partial charge in [0.15, 0.2) is 0 Å². The molecule has 0 fully saturated rings. The number of unbranched alkanes of at least 4 members (excludes halogenated alkanes) is 13. The monoisotopic (exact) mass is 515 g/mol. The first kappa shape index (κ1) is 30.7. The Hall–Kier alpha value is -1.30. The van der Waals surface area contributed by atoms with E-state index < -0.39 is 11.9 Å². The minimum absolute atomic E-state index is 0. The molecule has 1 rings (SSSR count). The summed E-state index contributed by atoms with van der Waals surface area (Å²) in [6.45, 7) is 4.31. The average molecular weight is 517 g/mol. The third kappa shape index (κ3) is 17.3. The van der Waals surface area contributed by atoms with E-state index in [4.69, 9.17) is 9.84 Å². The summed E-state index contributed by atoms with van der Waals surface area (Å²) >= 11 is 0. The minimum atomic E-state index is -0.976. The Morgan fingerprint density at radius 2 is 1.41 bits per heavy atom. The van der Waals surface area contributed by atoms with Gasteiger partial charge >= 0.3 is 11.9 Å². The van der Waals surface area contributed by atoms with Crippen molar-refractivity contribution in [2.45, 2.75) is 110 Å². The van der Waals surface area contributed by atoms with E-state index in [9.17, 15) is 9.59 Å². The van der Waals surface area contributed by atoms with Gasteiger partial charge in [0.05, 0.1) is 18.5 Å². The smallest absolute Gasteiger partial charge is 0.306 e. The zero-order chi connectivity index (χ0) is 22.6. The lowest BCUT2D eigenvalue weighted by atomic mass is 10.0. The van der Waals surface area contributed by atoms with Gasteiger partial charge in [-0.2, -0.15) is 0 Å². The van der Waals surface area contributed by atoms with Gasteiger partial charge < -0.3 is 14.7 Å². The largest absolute Gasteiger partial charge is 0.481 e. The quantitative estimate of drug-likeness (QED) is 0.137. The number of carbonyl (C=O) groups is 2. The summed E-state index contributed by atoms with van der Waals surface area (Å²) in [4.78, 5) is 24.4. The van der Waals surface area contributed by atoms with E-state index in [0.29, 0.717) is 0 Å². The van der Waals surface area contributed by atoms with Crippen molar-refractivity contribution >= 4 is 28.9 Å². The van der Waals surface area contributed by atoms with Crippen molar-refractivity contribution in [2.24, 2.45) is 0 Å². The lowest BCUT2D eigenvalue weighted by Gasteiger charge is -2.28. The van der Waals surface area contributed by atoms with E-state index in [-0.39, 0.29) is 36.4 Å². The molecule has 1 N–H and O–H groups in total. The van der Waals surface area contributed by atoms with Crippen LogP contribution < -0.4 is 0 Å². The van der Waals surface area contributed by atoms with E-state index in [1.54, 1.807) is 0 Å². The molecule has 0 aromatic carbocycles. The van der Waals surface area contributed by atoms with Crippen LogP contribution in [0.15, 0.2) is 23.9 Å². The standard InChI is InChI=1S/C26H45NO4.BrH/c1-2-3-4-5-6-7-8-9-10-11-12-13-14-16-21-27-22-17-15-18-24(27)23-31-26(30)20-19-25(28)29;/h15,17-18H,2-14,16,19-23H2,1H3,(H,28,29);1H. The summed E-state index contributed by atoms with van der Waals surface area (Å²) < 4.78 is 5.24. The topological polar surface area (TPSA) is 66.8 Å². The molecule has 1 aliphatic rings. The Balaban J connectivity index is 0.00000961. The fraction of sp³-hybridized carbons (Fsp3) is 0.769.